The zero-order chi connectivity index (χ0) is 18.0. The van der Waals surface area contributed by atoms with Gasteiger partial charge in [-0.15, -0.1) is 0 Å². The molecule has 132 valence electrons. The highest BCUT2D eigenvalue weighted by Crippen LogP contribution is 2.34. The van der Waals surface area contributed by atoms with Crippen LogP contribution in [0.15, 0.2) is 40.9 Å². The molecule has 25 heavy (non-hydrogen) atoms. The van der Waals surface area contributed by atoms with E-state index in [0.717, 1.165) is 11.3 Å². The van der Waals surface area contributed by atoms with Crippen LogP contribution < -0.4 is 19.5 Å². The zero-order valence-corrected chi connectivity index (χ0v) is 16.0. The van der Waals surface area contributed by atoms with E-state index in [0.29, 0.717) is 34.7 Å². The minimum Gasteiger partial charge on any atom is -0.497 e. The summed E-state index contributed by atoms with van der Waals surface area (Å²) in [6.07, 6.45) is 0. The summed E-state index contributed by atoms with van der Waals surface area (Å²) in [5, 5.41) is 3.07. The number of halogens is 1. The highest BCUT2D eigenvalue weighted by molar-refractivity contribution is 9.10. The Labute approximate surface area is 155 Å². The topological polar surface area (TPSA) is 56.8 Å². The van der Waals surface area contributed by atoms with Gasteiger partial charge in [0, 0.05) is 4.47 Å². The molecule has 2 aromatic carbocycles. The largest absolute Gasteiger partial charge is 0.497 e. The molecule has 0 fully saturated rings. The Morgan fingerprint density at radius 1 is 1.12 bits per heavy atom. The van der Waals surface area contributed by atoms with Gasteiger partial charge in [-0.05, 0) is 65.7 Å². The lowest BCUT2D eigenvalue weighted by atomic mass is 9.93. The van der Waals surface area contributed by atoms with Crippen LogP contribution in [0.5, 0.6) is 17.2 Å². The molecule has 3 rings (SSSR count). The molecule has 6 heteroatoms. The van der Waals surface area contributed by atoms with Crippen molar-refractivity contribution in [3.63, 3.8) is 0 Å². The Kier molecular flexibility index (Phi) is 4.90. The highest BCUT2D eigenvalue weighted by Gasteiger charge is 2.26. The fourth-order valence-electron chi connectivity index (χ4n) is 2.66. The second kappa shape index (κ2) is 6.96. The number of hydrogen-bond acceptors (Lipinski definition) is 4. The van der Waals surface area contributed by atoms with Crippen molar-refractivity contribution in [2.45, 2.75) is 19.4 Å². The number of benzene rings is 2. The van der Waals surface area contributed by atoms with Crippen molar-refractivity contribution in [3.05, 3.63) is 52.0 Å². The molecule has 0 saturated carbocycles. The van der Waals surface area contributed by atoms with Crippen LogP contribution in [0.2, 0.25) is 0 Å². The first-order chi connectivity index (χ1) is 11.9. The number of nitrogens with one attached hydrogen (secondary N) is 1. The van der Waals surface area contributed by atoms with E-state index in [2.05, 4.69) is 21.2 Å². The molecule has 5 nitrogen and oxygen atoms in total. The van der Waals surface area contributed by atoms with Gasteiger partial charge in [0.2, 0.25) is 0 Å². The first kappa shape index (κ1) is 17.6. The standard InChI is InChI=1S/C19H20BrNO4/c1-19(2,12-4-7-16-17(10-12)25-9-8-24-16)21-18(22)14-11-13(23-3)5-6-15(14)20/h4-7,10-11H,8-9H2,1-3H3,(H,21,22). The molecule has 0 aliphatic carbocycles. The minimum absolute atomic E-state index is 0.189. The van der Waals surface area contributed by atoms with Crippen molar-refractivity contribution < 1.29 is 19.0 Å². The molecule has 0 bridgehead atoms. The Bertz CT molecular complexity index is 804. The van der Waals surface area contributed by atoms with E-state index in [-0.39, 0.29) is 5.91 Å². The van der Waals surface area contributed by atoms with Gasteiger partial charge < -0.3 is 19.5 Å². The Hall–Kier alpha value is -2.21. The van der Waals surface area contributed by atoms with E-state index in [9.17, 15) is 4.79 Å². The number of carbonyl (C=O) groups is 1. The Morgan fingerprint density at radius 3 is 2.56 bits per heavy atom. The van der Waals surface area contributed by atoms with E-state index in [1.54, 1.807) is 25.3 Å². The van der Waals surface area contributed by atoms with E-state index in [4.69, 9.17) is 14.2 Å². The first-order valence-electron chi connectivity index (χ1n) is 7.97. The van der Waals surface area contributed by atoms with Crippen LogP contribution in [0.25, 0.3) is 0 Å². The van der Waals surface area contributed by atoms with Gasteiger partial charge in [-0.3, -0.25) is 4.79 Å². The molecule has 1 aliphatic rings. The first-order valence-corrected chi connectivity index (χ1v) is 8.76. The van der Waals surface area contributed by atoms with Crippen molar-refractivity contribution in [2.24, 2.45) is 0 Å². The quantitative estimate of drug-likeness (QED) is 0.837. The van der Waals surface area contributed by atoms with Crippen LogP contribution in [0, 0.1) is 0 Å². The maximum Gasteiger partial charge on any atom is 0.253 e. The monoisotopic (exact) mass is 405 g/mol. The summed E-state index contributed by atoms with van der Waals surface area (Å²) < 4.78 is 17.1. The molecule has 1 amide bonds. The number of fused-ring (bicyclic) bond motifs is 1. The third-order valence-electron chi connectivity index (χ3n) is 4.11. The summed E-state index contributed by atoms with van der Waals surface area (Å²) in [6, 6.07) is 11.0. The molecule has 0 unspecified atom stereocenters. The predicted octanol–water partition coefficient (Wildman–Crippen LogP) is 3.89. The fraction of sp³-hybridized carbons (Fsp3) is 0.316. The van der Waals surface area contributed by atoms with Crippen LogP contribution in [0.4, 0.5) is 0 Å². The number of methoxy groups -OCH3 is 1. The molecule has 0 atom stereocenters. The number of amides is 1. The highest BCUT2D eigenvalue weighted by atomic mass is 79.9. The molecule has 1 aliphatic heterocycles. The van der Waals surface area contributed by atoms with Crippen LogP contribution in [-0.2, 0) is 5.54 Å². The van der Waals surface area contributed by atoms with Crippen LogP contribution in [-0.4, -0.2) is 26.2 Å². The smallest absolute Gasteiger partial charge is 0.253 e. The van der Waals surface area contributed by atoms with Gasteiger partial charge in [-0.25, -0.2) is 0 Å². The Balaban J connectivity index is 1.84. The average Bonchev–Trinajstić information content (AvgIpc) is 2.61. The number of hydrogen-bond donors (Lipinski definition) is 1. The van der Waals surface area contributed by atoms with Gasteiger partial charge in [-0.1, -0.05) is 6.07 Å². The van der Waals surface area contributed by atoms with Gasteiger partial charge in [0.15, 0.2) is 11.5 Å². The Morgan fingerprint density at radius 2 is 1.84 bits per heavy atom. The maximum absolute atomic E-state index is 12.8. The lowest BCUT2D eigenvalue weighted by Gasteiger charge is -2.29. The summed E-state index contributed by atoms with van der Waals surface area (Å²) in [5.41, 5.74) is 0.865. The predicted molar refractivity (Wildman–Crippen MR) is 98.6 cm³/mol. The number of ether oxygens (including phenoxy) is 3. The molecule has 0 aromatic heterocycles. The molecule has 1 N–H and O–H groups in total. The van der Waals surface area contributed by atoms with Crippen LogP contribution >= 0.6 is 15.9 Å². The number of rotatable bonds is 4. The van der Waals surface area contributed by atoms with E-state index in [1.165, 1.54) is 0 Å². The number of carbonyl (C=O) groups excluding carboxylic acids is 1. The van der Waals surface area contributed by atoms with E-state index >= 15 is 0 Å². The van der Waals surface area contributed by atoms with Gasteiger partial charge >= 0.3 is 0 Å². The fourth-order valence-corrected chi connectivity index (χ4v) is 3.09. The third-order valence-corrected chi connectivity index (χ3v) is 4.80. The SMILES string of the molecule is COc1ccc(Br)c(C(=O)NC(C)(C)c2ccc3c(c2)OCCO3)c1. The lowest BCUT2D eigenvalue weighted by Crippen LogP contribution is -2.41. The summed E-state index contributed by atoms with van der Waals surface area (Å²) in [5.74, 6) is 1.87. The van der Waals surface area contributed by atoms with Crippen molar-refractivity contribution in [3.8, 4) is 17.2 Å². The van der Waals surface area contributed by atoms with Gasteiger partial charge in [-0.2, -0.15) is 0 Å². The second-order valence-corrected chi connectivity index (χ2v) is 7.14. The molecule has 0 radical (unpaired) electrons. The summed E-state index contributed by atoms with van der Waals surface area (Å²) >= 11 is 3.42. The van der Waals surface area contributed by atoms with E-state index < -0.39 is 5.54 Å². The van der Waals surface area contributed by atoms with Gasteiger partial charge in [0.05, 0.1) is 18.2 Å². The normalized spacial score (nSPS) is 13.3. The molecular weight excluding hydrogens is 386 g/mol. The molecular formula is C19H20BrNO4. The zero-order valence-electron chi connectivity index (χ0n) is 14.4. The van der Waals surface area contributed by atoms with E-state index in [1.807, 2.05) is 32.0 Å². The maximum atomic E-state index is 12.8. The van der Waals surface area contributed by atoms with Gasteiger partial charge in [0.25, 0.3) is 5.91 Å². The lowest BCUT2D eigenvalue weighted by molar-refractivity contribution is 0.0910. The van der Waals surface area contributed by atoms with Crippen molar-refractivity contribution in [2.75, 3.05) is 20.3 Å². The van der Waals surface area contributed by atoms with Gasteiger partial charge in [0.1, 0.15) is 19.0 Å². The molecule has 0 saturated heterocycles. The minimum atomic E-state index is -0.588. The summed E-state index contributed by atoms with van der Waals surface area (Å²) in [7, 11) is 1.57. The van der Waals surface area contributed by atoms with Crippen LogP contribution in [0.3, 0.4) is 0 Å². The molecule has 1 heterocycles. The van der Waals surface area contributed by atoms with Crippen molar-refractivity contribution in [1.82, 2.24) is 5.32 Å². The summed E-state index contributed by atoms with van der Waals surface area (Å²) in [6.45, 7) is 4.98. The van der Waals surface area contributed by atoms with Crippen LogP contribution in [0.1, 0.15) is 29.8 Å². The van der Waals surface area contributed by atoms with Crippen molar-refractivity contribution >= 4 is 21.8 Å². The molecule has 0 spiro atoms. The summed E-state index contributed by atoms with van der Waals surface area (Å²) in [4.78, 5) is 12.8. The molecule has 2 aromatic rings. The third kappa shape index (κ3) is 3.74. The van der Waals surface area contributed by atoms with Crippen molar-refractivity contribution in [1.29, 1.82) is 0 Å². The average molecular weight is 406 g/mol. The second-order valence-electron chi connectivity index (χ2n) is 6.28.